The molecule has 2 N–H and O–H groups in total. The molecule has 1 aliphatic carbocycles. The molecule has 0 fully saturated rings. The molecule has 1 aromatic carbocycles. The molecule has 0 atom stereocenters. The number of fused-ring (bicyclic) bond motifs is 1. The van der Waals surface area contributed by atoms with Gasteiger partial charge in [-0.3, -0.25) is 4.98 Å². The van der Waals surface area contributed by atoms with Crippen LogP contribution in [0, 0.1) is 0 Å². The number of aryl methyl sites for hydroxylation is 2. The van der Waals surface area contributed by atoms with Crippen LogP contribution in [0.15, 0.2) is 36.5 Å². The summed E-state index contributed by atoms with van der Waals surface area (Å²) in [5.41, 5.74) is 10.7. The van der Waals surface area contributed by atoms with Crippen LogP contribution in [0.5, 0.6) is 5.75 Å². The Balaban J connectivity index is 1.61. The molecule has 3 heteroatoms. The van der Waals surface area contributed by atoms with Gasteiger partial charge in [0.25, 0.3) is 0 Å². The molecule has 0 saturated carbocycles. The normalized spacial score (nSPS) is 13.2. The van der Waals surface area contributed by atoms with Gasteiger partial charge in [-0.15, -0.1) is 0 Å². The highest BCUT2D eigenvalue weighted by atomic mass is 16.5. The monoisotopic (exact) mass is 268 g/mol. The first-order valence-electron chi connectivity index (χ1n) is 7.23. The van der Waals surface area contributed by atoms with Crippen LogP contribution in [-0.2, 0) is 25.9 Å². The highest BCUT2D eigenvalue weighted by Crippen LogP contribution is 2.23. The van der Waals surface area contributed by atoms with Gasteiger partial charge in [0.15, 0.2) is 0 Å². The van der Waals surface area contributed by atoms with Crippen molar-refractivity contribution in [2.75, 3.05) is 6.54 Å². The van der Waals surface area contributed by atoms with Crippen LogP contribution in [0.3, 0.4) is 0 Å². The fraction of sp³-hybridized carbons (Fsp3) is 0.353. The van der Waals surface area contributed by atoms with Crippen LogP contribution in [0.2, 0.25) is 0 Å². The van der Waals surface area contributed by atoms with Crippen molar-refractivity contribution < 1.29 is 4.74 Å². The average molecular weight is 268 g/mol. The van der Waals surface area contributed by atoms with Crippen LogP contribution in [0.4, 0.5) is 0 Å². The van der Waals surface area contributed by atoms with E-state index < -0.39 is 0 Å². The van der Waals surface area contributed by atoms with Crippen LogP contribution >= 0.6 is 0 Å². The molecule has 0 radical (unpaired) electrons. The number of benzene rings is 1. The molecule has 0 aliphatic heterocycles. The van der Waals surface area contributed by atoms with Gasteiger partial charge >= 0.3 is 0 Å². The minimum atomic E-state index is 0.602. The summed E-state index contributed by atoms with van der Waals surface area (Å²) in [5, 5.41) is 0. The molecule has 3 nitrogen and oxygen atoms in total. The first-order chi connectivity index (χ1) is 9.85. The van der Waals surface area contributed by atoms with E-state index in [0.717, 1.165) is 17.9 Å². The molecule has 1 heterocycles. The molecule has 0 saturated heterocycles. The average Bonchev–Trinajstić information content (AvgIpc) is 2.94. The third kappa shape index (κ3) is 2.99. The Kier molecular flexibility index (Phi) is 3.97. The zero-order chi connectivity index (χ0) is 13.8. The lowest BCUT2D eigenvalue weighted by molar-refractivity contribution is 0.304. The van der Waals surface area contributed by atoms with Gasteiger partial charge in [0.05, 0.1) is 6.20 Å². The Bertz CT molecular complexity index is 578. The summed E-state index contributed by atoms with van der Waals surface area (Å²) in [6.45, 7) is 1.23. The summed E-state index contributed by atoms with van der Waals surface area (Å²) in [6, 6.07) is 10.6. The van der Waals surface area contributed by atoms with Gasteiger partial charge in [-0.05, 0) is 54.6 Å². The number of rotatable bonds is 5. The second kappa shape index (κ2) is 6.06. The van der Waals surface area contributed by atoms with E-state index in [1.54, 1.807) is 6.20 Å². The first-order valence-corrected chi connectivity index (χ1v) is 7.23. The number of ether oxygens (including phenoxy) is 1. The summed E-state index contributed by atoms with van der Waals surface area (Å²) in [4.78, 5) is 4.33. The molecule has 3 rings (SSSR count). The van der Waals surface area contributed by atoms with Gasteiger partial charge in [0, 0.05) is 12.1 Å². The zero-order valence-corrected chi connectivity index (χ0v) is 11.6. The summed E-state index contributed by atoms with van der Waals surface area (Å²) in [5.74, 6) is 0.811. The second-order valence-electron chi connectivity index (χ2n) is 5.27. The minimum Gasteiger partial charge on any atom is -0.487 e. The summed E-state index contributed by atoms with van der Waals surface area (Å²) in [6.07, 6.45) is 6.30. The van der Waals surface area contributed by atoms with Crippen molar-refractivity contribution in [3.8, 4) is 5.75 Å². The first kappa shape index (κ1) is 13.1. The molecular formula is C17H20N2O. The van der Waals surface area contributed by atoms with E-state index in [1.165, 1.54) is 36.0 Å². The number of pyridine rings is 1. The second-order valence-corrected chi connectivity index (χ2v) is 5.27. The maximum Gasteiger partial charge on any atom is 0.138 e. The van der Waals surface area contributed by atoms with Crippen LogP contribution in [0.25, 0.3) is 0 Å². The van der Waals surface area contributed by atoms with Crippen molar-refractivity contribution in [1.82, 2.24) is 4.98 Å². The van der Waals surface area contributed by atoms with Crippen molar-refractivity contribution in [3.05, 3.63) is 58.9 Å². The Labute approximate surface area is 119 Å². The Morgan fingerprint density at radius 3 is 2.80 bits per heavy atom. The number of hydrogen-bond donors (Lipinski definition) is 1. The molecule has 20 heavy (non-hydrogen) atoms. The van der Waals surface area contributed by atoms with E-state index in [-0.39, 0.29) is 0 Å². The molecule has 104 valence electrons. The summed E-state index contributed by atoms with van der Waals surface area (Å²) < 4.78 is 5.79. The van der Waals surface area contributed by atoms with Gasteiger partial charge in [0.2, 0.25) is 0 Å². The minimum absolute atomic E-state index is 0.602. The summed E-state index contributed by atoms with van der Waals surface area (Å²) >= 11 is 0. The molecule has 1 aromatic heterocycles. The maximum absolute atomic E-state index is 5.79. The molecule has 2 aromatic rings. The smallest absolute Gasteiger partial charge is 0.138 e. The van der Waals surface area contributed by atoms with Crippen molar-refractivity contribution in [3.63, 3.8) is 0 Å². The fourth-order valence-electron chi connectivity index (χ4n) is 2.67. The summed E-state index contributed by atoms with van der Waals surface area (Å²) in [7, 11) is 0. The Hall–Kier alpha value is -1.87. The van der Waals surface area contributed by atoms with E-state index in [2.05, 4.69) is 23.2 Å². The molecule has 0 unspecified atom stereocenters. The topological polar surface area (TPSA) is 48.1 Å². The quantitative estimate of drug-likeness (QED) is 0.907. The maximum atomic E-state index is 5.79. The van der Waals surface area contributed by atoms with E-state index in [9.17, 15) is 0 Å². The Morgan fingerprint density at radius 1 is 1.10 bits per heavy atom. The van der Waals surface area contributed by atoms with Gasteiger partial charge in [-0.25, -0.2) is 0 Å². The molecule has 0 bridgehead atoms. The molecule has 1 aliphatic rings. The third-order valence-corrected chi connectivity index (χ3v) is 3.77. The molecule has 0 amide bonds. The van der Waals surface area contributed by atoms with Gasteiger partial charge < -0.3 is 10.5 Å². The Morgan fingerprint density at radius 2 is 2.00 bits per heavy atom. The predicted octanol–water partition coefficient (Wildman–Crippen LogP) is 2.65. The zero-order valence-electron chi connectivity index (χ0n) is 11.6. The number of aromatic nitrogens is 1. The van der Waals surface area contributed by atoms with E-state index in [4.69, 9.17) is 10.5 Å². The molecule has 0 spiro atoms. The van der Waals surface area contributed by atoms with E-state index in [0.29, 0.717) is 13.2 Å². The number of nitrogens with two attached hydrogens (primary N) is 1. The predicted molar refractivity (Wildman–Crippen MR) is 79.8 cm³/mol. The van der Waals surface area contributed by atoms with E-state index >= 15 is 0 Å². The van der Waals surface area contributed by atoms with Crippen molar-refractivity contribution >= 4 is 0 Å². The van der Waals surface area contributed by atoms with Crippen LogP contribution in [0.1, 0.15) is 28.8 Å². The number of hydrogen-bond acceptors (Lipinski definition) is 3. The van der Waals surface area contributed by atoms with Gasteiger partial charge in [-0.1, -0.05) is 18.2 Å². The lowest BCUT2D eigenvalue weighted by Gasteiger charge is -2.08. The number of nitrogens with zero attached hydrogens (tertiary/aromatic N) is 1. The van der Waals surface area contributed by atoms with Crippen molar-refractivity contribution in [2.45, 2.75) is 32.3 Å². The van der Waals surface area contributed by atoms with Crippen LogP contribution in [-0.4, -0.2) is 11.5 Å². The standard InChI is InChI=1S/C17H20N2O/c18-9-8-16-6-7-17(11-19-16)20-12-13-4-5-14-2-1-3-15(14)10-13/h4-7,10-11H,1-3,8-9,12,18H2. The van der Waals surface area contributed by atoms with Gasteiger partial charge in [-0.2, -0.15) is 0 Å². The lowest BCUT2D eigenvalue weighted by atomic mass is 10.1. The van der Waals surface area contributed by atoms with Crippen LogP contribution < -0.4 is 10.5 Å². The van der Waals surface area contributed by atoms with E-state index in [1.807, 2.05) is 12.1 Å². The van der Waals surface area contributed by atoms with Crippen molar-refractivity contribution in [1.29, 1.82) is 0 Å². The highest BCUT2D eigenvalue weighted by molar-refractivity contribution is 5.35. The fourth-order valence-corrected chi connectivity index (χ4v) is 2.67. The lowest BCUT2D eigenvalue weighted by Crippen LogP contribution is -2.04. The largest absolute Gasteiger partial charge is 0.487 e. The highest BCUT2D eigenvalue weighted by Gasteiger charge is 2.10. The van der Waals surface area contributed by atoms with Crippen molar-refractivity contribution in [2.24, 2.45) is 5.73 Å². The third-order valence-electron chi connectivity index (χ3n) is 3.77. The van der Waals surface area contributed by atoms with Gasteiger partial charge in [0.1, 0.15) is 12.4 Å². The molecular weight excluding hydrogens is 248 g/mol. The SMILES string of the molecule is NCCc1ccc(OCc2ccc3c(c2)CCC3)cn1.